The molecule has 1 fully saturated rings. The van der Waals surface area contributed by atoms with Crippen LogP contribution in [-0.4, -0.2) is 67.4 Å². The Morgan fingerprint density at radius 1 is 0.941 bits per heavy atom. The zero-order valence-corrected chi connectivity index (χ0v) is 20.2. The average molecular weight is 477 g/mol. The van der Waals surface area contributed by atoms with Gasteiger partial charge >= 0.3 is 0 Å². The van der Waals surface area contributed by atoms with Crippen molar-refractivity contribution in [1.29, 1.82) is 0 Å². The molecule has 0 spiro atoms. The molecule has 0 atom stereocenters. The molecule has 1 aliphatic heterocycles. The fourth-order valence-corrected chi connectivity index (χ4v) is 5.03. The normalized spacial score (nSPS) is 15.1. The second-order valence-corrected chi connectivity index (χ2v) is 11.0. The van der Waals surface area contributed by atoms with E-state index in [1.165, 1.54) is 11.9 Å². The number of fused-ring (bicyclic) bond motifs is 1. The Morgan fingerprint density at radius 3 is 2.41 bits per heavy atom. The predicted molar refractivity (Wildman–Crippen MR) is 136 cm³/mol. The van der Waals surface area contributed by atoms with E-state index < -0.39 is 9.84 Å². The number of hydrogen-bond donors (Lipinski definition) is 1. The molecule has 3 heterocycles. The lowest BCUT2D eigenvalue weighted by Crippen LogP contribution is -2.44. The number of pyridine rings is 1. The van der Waals surface area contributed by atoms with Crippen molar-refractivity contribution in [1.82, 2.24) is 19.5 Å². The Labute approximate surface area is 199 Å². The maximum absolute atomic E-state index is 11.7. The fourth-order valence-electron chi connectivity index (χ4n) is 4.25. The van der Waals surface area contributed by atoms with E-state index in [-0.39, 0.29) is 5.75 Å². The molecule has 8 nitrogen and oxygen atoms in total. The average Bonchev–Trinajstić information content (AvgIpc) is 3.22. The van der Waals surface area contributed by atoms with Crippen LogP contribution in [0.5, 0.6) is 0 Å². The van der Waals surface area contributed by atoms with Crippen LogP contribution in [0.3, 0.4) is 0 Å². The van der Waals surface area contributed by atoms with Crippen LogP contribution in [0, 0.1) is 0 Å². The molecule has 1 saturated heterocycles. The van der Waals surface area contributed by atoms with Gasteiger partial charge in [-0.05, 0) is 55.1 Å². The lowest BCUT2D eigenvalue weighted by atomic mass is 10.1. The van der Waals surface area contributed by atoms with E-state index in [1.54, 1.807) is 4.52 Å². The van der Waals surface area contributed by atoms with Gasteiger partial charge in [0.15, 0.2) is 15.5 Å². The number of hydrogen-bond acceptors (Lipinski definition) is 7. The van der Waals surface area contributed by atoms with Gasteiger partial charge in [0, 0.05) is 49.4 Å². The van der Waals surface area contributed by atoms with Crippen LogP contribution < -0.4 is 10.2 Å². The van der Waals surface area contributed by atoms with Gasteiger partial charge in [-0.2, -0.15) is 4.98 Å². The van der Waals surface area contributed by atoms with E-state index in [0.717, 1.165) is 48.7 Å². The highest BCUT2D eigenvalue weighted by Gasteiger charge is 2.15. The monoisotopic (exact) mass is 476 g/mol. The van der Waals surface area contributed by atoms with E-state index in [1.807, 2.05) is 42.5 Å². The van der Waals surface area contributed by atoms with E-state index in [0.29, 0.717) is 11.6 Å². The molecule has 0 bridgehead atoms. The summed E-state index contributed by atoms with van der Waals surface area (Å²) in [4.78, 5) is 9.37. The molecule has 2 aromatic heterocycles. The summed E-state index contributed by atoms with van der Waals surface area (Å²) >= 11 is 0. The summed E-state index contributed by atoms with van der Waals surface area (Å²) in [6, 6.07) is 21.7. The summed E-state index contributed by atoms with van der Waals surface area (Å²) in [5.41, 5.74) is 5.33. The van der Waals surface area contributed by atoms with Gasteiger partial charge < -0.3 is 15.1 Å². The maximum atomic E-state index is 11.7. The molecule has 1 N–H and O–H groups in total. The van der Waals surface area contributed by atoms with Gasteiger partial charge in [-0.3, -0.25) is 0 Å². The van der Waals surface area contributed by atoms with Crippen molar-refractivity contribution in [2.75, 3.05) is 49.7 Å². The zero-order valence-electron chi connectivity index (χ0n) is 19.3. The minimum atomic E-state index is -3.11. The van der Waals surface area contributed by atoms with Crippen LogP contribution in [0.2, 0.25) is 0 Å². The molecule has 0 radical (unpaired) electrons. The summed E-state index contributed by atoms with van der Waals surface area (Å²) < 4.78 is 25.2. The first-order chi connectivity index (χ1) is 16.3. The van der Waals surface area contributed by atoms with Gasteiger partial charge in [0.05, 0.1) is 11.4 Å². The molecule has 5 rings (SSSR count). The SMILES string of the molecule is CN1CCN(c2ccc(Nc3nc4cccc(-c5cccc(CS(C)(=O)=O)c5)n4n3)cc2)CC1. The number of benzene rings is 2. The minimum absolute atomic E-state index is 0.00506. The Morgan fingerprint density at radius 2 is 1.68 bits per heavy atom. The summed E-state index contributed by atoms with van der Waals surface area (Å²) in [5.74, 6) is 0.512. The zero-order chi connectivity index (χ0) is 23.7. The third kappa shape index (κ3) is 5.05. The summed E-state index contributed by atoms with van der Waals surface area (Å²) in [6.45, 7) is 4.21. The van der Waals surface area contributed by atoms with Gasteiger partial charge in [0.25, 0.3) is 0 Å². The van der Waals surface area contributed by atoms with Gasteiger partial charge in [0.2, 0.25) is 5.95 Å². The van der Waals surface area contributed by atoms with Crippen LogP contribution in [-0.2, 0) is 15.6 Å². The first-order valence-corrected chi connectivity index (χ1v) is 13.3. The number of sulfone groups is 1. The Bertz CT molecular complexity index is 1410. The molecule has 176 valence electrons. The second kappa shape index (κ2) is 9.08. The molecule has 34 heavy (non-hydrogen) atoms. The van der Waals surface area contributed by atoms with Crippen molar-refractivity contribution >= 4 is 32.8 Å². The van der Waals surface area contributed by atoms with Crippen molar-refractivity contribution in [2.45, 2.75) is 5.75 Å². The van der Waals surface area contributed by atoms with Crippen LogP contribution in [0.4, 0.5) is 17.3 Å². The lowest BCUT2D eigenvalue weighted by Gasteiger charge is -2.34. The van der Waals surface area contributed by atoms with Gasteiger partial charge in [0.1, 0.15) is 0 Å². The molecular formula is C25H28N6O2S. The molecule has 0 aliphatic carbocycles. The van der Waals surface area contributed by atoms with Gasteiger partial charge in [-0.15, -0.1) is 5.10 Å². The molecule has 9 heteroatoms. The van der Waals surface area contributed by atoms with Crippen molar-refractivity contribution in [3.8, 4) is 11.3 Å². The summed E-state index contributed by atoms with van der Waals surface area (Å²) in [6.07, 6.45) is 1.24. The minimum Gasteiger partial charge on any atom is -0.369 e. The predicted octanol–water partition coefficient (Wildman–Crippen LogP) is 3.44. The quantitative estimate of drug-likeness (QED) is 0.456. The Kier molecular flexibility index (Phi) is 5.97. The number of anilines is 3. The molecule has 2 aromatic carbocycles. The molecule has 0 amide bonds. The van der Waals surface area contributed by atoms with Crippen molar-refractivity contribution in [3.63, 3.8) is 0 Å². The highest BCUT2D eigenvalue weighted by Crippen LogP contribution is 2.25. The fraction of sp³-hybridized carbons (Fsp3) is 0.280. The molecular weight excluding hydrogens is 448 g/mol. The number of likely N-dealkylation sites (N-methyl/N-ethyl adjacent to an activating group) is 1. The topological polar surface area (TPSA) is 82.8 Å². The van der Waals surface area contributed by atoms with Crippen LogP contribution in [0.25, 0.3) is 16.9 Å². The van der Waals surface area contributed by atoms with Gasteiger partial charge in [-0.1, -0.05) is 24.3 Å². The van der Waals surface area contributed by atoms with Crippen LogP contribution in [0.1, 0.15) is 5.56 Å². The molecule has 0 unspecified atom stereocenters. The van der Waals surface area contributed by atoms with E-state index in [2.05, 4.69) is 56.5 Å². The Balaban J connectivity index is 1.37. The van der Waals surface area contributed by atoms with Crippen molar-refractivity contribution in [2.24, 2.45) is 0 Å². The number of aromatic nitrogens is 3. The first-order valence-electron chi connectivity index (χ1n) is 11.3. The third-order valence-corrected chi connectivity index (χ3v) is 6.86. The third-order valence-electron chi connectivity index (χ3n) is 6.00. The molecule has 0 saturated carbocycles. The highest BCUT2D eigenvalue weighted by molar-refractivity contribution is 7.89. The van der Waals surface area contributed by atoms with E-state index >= 15 is 0 Å². The van der Waals surface area contributed by atoms with Gasteiger partial charge in [-0.25, -0.2) is 12.9 Å². The highest BCUT2D eigenvalue weighted by atomic mass is 32.2. The molecule has 1 aliphatic rings. The summed E-state index contributed by atoms with van der Waals surface area (Å²) in [5, 5.41) is 7.97. The number of nitrogens with zero attached hydrogens (tertiary/aromatic N) is 5. The van der Waals surface area contributed by atoms with E-state index in [9.17, 15) is 8.42 Å². The number of rotatable bonds is 6. The number of piperazine rings is 1. The first kappa shape index (κ1) is 22.4. The summed E-state index contributed by atoms with van der Waals surface area (Å²) in [7, 11) is -0.955. The number of nitrogens with one attached hydrogen (secondary N) is 1. The van der Waals surface area contributed by atoms with Crippen LogP contribution >= 0.6 is 0 Å². The maximum Gasteiger partial charge on any atom is 0.247 e. The van der Waals surface area contributed by atoms with Crippen molar-refractivity contribution in [3.05, 3.63) is 72.3 Å². The smallest absolute Gasteiger partial charge is 0.247 e. The Hall–Kier alpha value is -3.43. The van der Waals surface area contributed by atoms with E-state index in [4.69, 9.17) is 0 Å². The van der Waals surface area contributed by atoms with Crippen molar-refractivity contribution < 1.29 is 8.42 Å². The molecule has 4 aromatic rings. The standard InChI is InChI=1S/C25H28N6O2S/c1-29-13-15-30(16-14-29)22-11-9-21(10-12-22)26-25-27-24-8-4-7-23(31(24)28-25)20-6-3-5-19(17-20)18-34(2,32)33/h3-12,17H,13-16,18H2,1-2H3,(H,26,28). The second-order valence-electron chi connectivity index (χ2n) is 8.85. The lowest BCUT2D eigenvalue weighted by molar-refractivity contribution is 0.313. The van der Waals surface area contributed by atoms with Crippen LogP contribution in [0.15, 0.2) is 66.7 Å². The largest absolute Gasteiger partial charge is 0.369 e.